The molecule has 0 bridgehead atoms. The van der Waals surface area contributed by atoms with Gasteiger partial charge in [-0.2, -0.15) is 4.31 Å². The van der Waals surface area contributed by atoms with Crippen molar-refractivity contribution in [3.63, 3.8) is 0 Å². The van der Waals surface area contributed by atoms with Gasteiger partial charge in [0, 0.05) is 16.4 Å². The number of halogens is 2. The third kappa shape index (κ3) is 3.12. The summed E-state index contributed by atoms with van der Waals surface area (Å²) in [5.41, 5.74) is 1.05. The van der Waals surface area contributed by atoms with Crippen LogP contribution >= 0.6 is 50.6 Å². The molecule has 0 saturated heterocycles. The van der Waals surface area contributed by atoms with E-state index in [0.29, 0.717) is 4.34 Å². The molecule has 0 spiro atoms. The van der Waals surface area contributed by atoms with Gasteiger partial charge in [0.25, 0.3) is 10.0 Å². The Labute approximate surface area is 151 Å². The molecule has 3 rings (SSSR count). The summed E-state index contributed by atoms with van der Waals surface area (Å²) < 4.78 is 28.8. The Kier molecular flexibility index (Phi) is 4.93. The van der Waals surface area contributed by atoms with E-state index in [1.165, 1.54) is 4.31 Å². The largest absolute Gasteiger partial charge is 0.252 e. The topological polar surface area (TPSA) is 37.4 Å². The highest BCUT2D eigenvalue weighted by molar-refractivity contribution is 9.10. The van der Waals surface area contributed by atoms with E-state index in [-0.39, 0.29) is 10.3 Å². The van der Waals surface area contributed by atoms with Gasteiger partial charge in [-0.3, -0.25) is 0 Å². The Bertz CT molecular complexity index is 806. The SMILES string of the molecule is CN(C1CCSc2ccc(Br)cc21)S(=O)(=O)c1ccc(Cl)s1. The fourth-order valence-electron chi connectivity index (χ4n) is 2.47. The van der Waals surface area contributed by atoms with Crippen LogP contribution in [0.3, 0.4) is 0 Å². The average molecular weight is 439 g/mol. The number of sulfonamides is 1. The van der Waals surface area contributed by atoms with Gasteiger partial charge in [0.1, 0.15) is 4.21 Å². The molecule has 2 heterocycles. The minimum atomic E-state index is -3.53. The Morgan fingerprint density at radius 3 is 2.77 bits per heavy atom. The Morgan fingerprint density at radius 2 is 2.09 bits per heavy atom. The van der Waals surface area contributed by atoms with Crippen LogP contribution in [0.25, 0.3) is 0 Å². The molecule has 0 saturated carbocycles. The lowest BCUT2D eigenvalue weighted by Crippen LogP contribution is -2.32. The molecule has 1 aromatic heterocycles. The van der Waals surface area contributed by atoms with Gasteiger partial charge in [-0.15, -0.1) is 23.1 Å². The fourth-order valence-corrected chi connectivity index (χ4v) is 6.97. The first-order chi connectivity index (χ1) is 10.4. The molecule has 0 N–H and O–H groups in total. The van der Waals surface area contributed by atoms with Gasteiger partial charge >= 0.3 is 0 Å². The first-order valence-corrected chi connectivity index (χ1v) is 11.0. The van der Waals surface area contributed by atoms with E-state index in [2.05, 4.69) is 15.9 Å². The van der Waals surface area contributed by atoms with Crippen LogP contribution < -0.4 is 0 Å². The number of hydrogen-bond donors (Lipinski definition) is 0. The normalized spacial score (nSPS) is 18.5. The highest BCUT2D eigenvalue weighted by Gasteiger charge is 2.33. The molecule has 1 unspecified atom stereocenters. The molecule has 0 fully saturated rings. The molecular weight excluding hydrogens is 426 g/mol. The molecule has 1 aliphatic rings. The summed E-state index contributed by atoms with van der Waals surface area (Å²) in [6.07, 6.45) is 0.795. The number of hydrogen-bond acceptors (Lipinski definition) is 4. The molecule has 1 aliphatic heterocycles. The fraction of sp³-hybridized carbons (Fsp3) is 0.286. The van der Waals surface area contributed by atoms with E-state index in [4.69, 9.17) is 11.6 Å². The summed E-state index contributed by atoms with van der Waals surface area (Å²) in [7, 11) is -1.88. The van der Waals surface area contributed by atoms with E-state index in [1.807, 2.05) is 18.2 Å². The number of benzene rings is 1. The van der Waals surface area contributed by atoms with E-state index in [9.17, 15) is 8.42 Å². The molecule has 3 nitrogen and oxygen atoms in total. The van der Waals surface area contributed by atoms with Crippen molar-refractivity contribution in [3.05, 3.63) is 44.7 Å². The van der Waals surface area contributed by atoms with Gasteiger partial charge in [0.2, 0.25) is 0 Å². The second kappa shape index (κ2) is 6.45. The number of thioether (sulfide) groups is 1. The van der Waals surface area contributed by atoms with Crippen molar-refractivity contribution < 1.29 is 8.42 Å². The van der Waals surface area contributed by atoms with E-state index >= 15 is 0 Å². The number of nitrogens with zero attached hydrogens (tertiary/aromatic N) is 1. The monoisotopic (exact) mass is 437 g/mol. The van der Waals surface area contributed by atoms with Crippen molar-refractivity contribution in [2.24, 2.45) is 0 Å². The maximum Gasteiger partial charge on any atom is 0.252 e. The van der Waals surface area contributed by atoms with Crippen molar-refractivity contribution in [2.75, 3.05) is 12.8 Å². The lowest BCUT2D eigenvalue weighted by molar-refractivity contribution is 0.362. The van der Waals surface area contributed by atoms with Crippen molar-refractivity contribution in [1.29, 1.82) is 0 Å². The molecule has 118 valence electrons. The van der Waals surface area contributed by atoms with Gasteiger partial charge in [-0.25, -0.2) is 8.42 Å². The second-order valence-electron chi connectivity index (χ2n) is 4.91. The zero-order valence-corrected chi connectivity index (χ0v) is 16.4. The molecule has 0 radical (unpaired) electrons. The predicted octanol–water partition coefficient (Wildman–Crippen LogP) is 5.02. The lowest BCUT2D eigenvalue weighted by Gasteiger charge is -2.32. The number of fused-ring (bicyclic) bond motifs is 1. The second-order valence-corrected chi connectivity index (χ2v) is 10.9. The van der Waals surface area contributed by atoms with Crippen LogP contribution in [0, 0.1) is 0 Å². The quantitative estimate of drug-likeness (QED) is 0.675. The molecule has 2 aromatic rings. The van der Waals surface area contributed by atoms with Gasteiger partial charge in [-0.1, -0.05) is 27.5 Å². The predicted molar refractivity (Wildman–Crippen MR) is 96.5 cm³/mol. The smallest absolute Gasteiger partial charge is 0.206 e. The Balaban J connectivity index is 2.00. The molecule has 1 aromatic carbocycles. The summed E-state index contributed by atoms with van der Waals surface area (Å²) in [5.74, 6) is 0.907. The van der Waals surface area contributed by atoms with Crippen molar-refractivity contribution in [2.45, 2.75) is 21.6 Å². The van der Waals surface area contributed by atoms with Crippen molar-refractivity contribution in [1.82, 2.24) is 4.31 Å². The van der Waals surface area contributed by atoms with Crippen LogP contribution in [-0.4, -0.2) is 25.5 Å². The van der Waals surface area contributed by atoms with Gasteiger partial charge in [0.05, 0.1) is 10.4 Å². The van der Waals surface area contributed by atoms with E-state index < -0.39 is 10.0 Å². The number of rotatable bonds is 3. The molecular formula is C14H13BrClNO2S3. The van der Waals surface area contributed by atoms with Gasteiger partial charge < -0.3 is 0 Å². The highest BCUT2D eigenvalue weighted by Crippen LogP contribution is 2.42. The average Bonchev–Trinajstić information content (AvgIpc) is 2.93. The lowest BCUT2D eigenvalue weighted by atomic mass is 10.0. The van der Waals surface area contributed by atoms with Gasteiger partial charge in [0.15, 0.2) is 0 Å². The van der Waals surface area contributed by atoms with Crippen LogP contribution in [0.1, 0.15) is 18.0 Å². The van der Waals surface area contributed by atoms with Crippen LogP contribution in [-0.2, 0) is 10.0 Å². The maximum absolute atomic E-state index is 12.8. The van der Waals surface area contributed by atoms with Gasteiger partial charge in [-0.05, 0) is 48.1 Å². The Morgan fingerprint density at radius 1 is 1.32 bits per heavy atom. The Hall–Kier alpha value is -0.0500. The van der Waals surface area contributed by atoms with Crippen molar-refractivity contribution in [3.8, 4) is 0 Å². The van der Waals surface area contributed by atoms with Crippen LogP contribution in [0.4, 0.5) is 0 Å². The highest BCUT2D eigenvalue weighted by atomic mass is 79.9. The molecule has 1 atom stereocenters. The third-order valence-corrected chi connectivity index (χ3v) is 8.78. The summed E-state index contributed by atoms with van der Waals surface area (Å²) >= 11 is 12.2. The molecule has 8 heteroatoms. The zero-order chi connectivity index (χ0) is 15.9. The summed E-state index contributed by atoms with van der Waals surface area (Å²) in [6, 6.07) is 9.08. The van der Waals surface area contributed by atoms with Crippen molar-refractivity contribution >= 4 is 60.7 Å². The summed E-state index contributed by atoms with van der Waals surface area (Å²) in [4.78, 5) is 1.14. The van der Waals surface area contributed by atoms with E-state index in [1.54, 1.807) is 30.9 Å². The minimum absolute atomic E-state index is 0.153. The summed E-state index contributed by atoms with van der Waals surface area (Å²) in [6.45, 7) is 0. The first-order valence-electron chi connectivity index (χ1n) is 6.55. The van der Waals surface area contributed by atoms with Crippen LogP contribution in [0.15, 0.2) is 43.9 Å². The first kappa shape index (κ1) is 16.8. The summed E-state index contributed by atoms with van der Waals surface area (Å²) in [5, 5.41) is 0. The van der Waals surface area contributed by atoms with E-state index in [0.717, 1.165) is 38.4 Å². The minimum Gasteiger partial charge on any atom is -0.206 e. The molecule has 22 heavy (non-hydrogen) atoms. The maximum atomic E-state index is 12.8. The number of thiophene rings is 1. The standard InChI is InChI=1S/C14H13BrClNO2S3/c1-17(22(18,19)14-5-4-13(16)21-14)11-6-7-20-12-3-2-9(15)8-10(11)12/h2-5,8,11H,6-7H2,1H3. The van der Waals surface area contributed by atoms with Crippen LogP contribution in [0.5, 0.6) is 0 Å². The van der Waals surface area contributed by atoms with Crippen LogP contribution in [0.2, 0.25) is 4.34 Å². The zero-order valence-electron chi connectivity index (χ0n) is 11.6. The molecule has 0 aliphatic carbocycles. The molecule has 0 amide bonds. The third-order valence-electron chi connectivity index (χ3n) is 3.60.